The third-order valence-electron chi connectivity index (χ3n) is 4.21. The van der Waals surface area contributed by atoms with Gasteiger partial charge in [-0.2, -0.15) is 0 Å². The normalized spacial score (nSPS) is 24.5. The molecule has 2 aliphatic heterocycles. The van der Waals surface area contributed by atoms with Crippen molar-refractivity contribution in [1.82, 2.24) is 15.2 Å². The minimum atomic E-state index is 0.677. The second kappa shape index (κ2) is 6.39. The van der Waals surface area contributed by atoms with E-state index in [1.54, 1.807) is 0 Å². The van der Waals surface area contributed by atoms with Gasteiger partial charge in [-0.3, -0.25) is 4.90 Å². The maximum absolute atomic E-state index is 5.44. The molecule has 1 aromatic heterocycles. The van der Waals surface area contributed by atoms with Gasteiger partial charge >= 0.3 is 0 Å². The first-order valence-corrected chi connectivity index (χ1v) is 8.27. The van der Waals surface area contributed by atoms with Gasteiger partial charge in [-0.25, -0.2) is 4.98 Å². The zero-order chi connectivity index (χ0) is 13.9. The second-order valence-electron chi connectivity index (χ2n) is 5.57. The molecule has 5 nitrogen and oxygen atoms in total. The van der Waals surface area contributed by atoms with Crippen molar-refractivity contribution >= 4 is 16.5 Å². The van der Waals surface area contributed by atoms with E-state index in [9.17, 15) is 0 Å². The van der Waals surface area contributed by atoms with E-state index in [1.807, 2.05) is 18.4 Å². The Hall–Kier alpha value is -0.690. The molecular formula is C14H24N4OS. The van der Waals surface area contributed by atoms with E-state index in [1.165, 1.54) is 22.1 Å². The number of nitrogens with zero attached hydrogens (tertiary/aromatic N) is 3. The van der Waals surface area contributed by atoms with Crippen LogP contribution in [0.3, 0.4) is 0 Å². The van der Waals surface area contributed by atoms with E-state index in [0.29, 0.717) is 6.04 Å². The lowest BCUT2D eigenvalue weighted by atomic mass is 10.2. The Morgan fingerprint density at radius 1 is 1.35 bits per heavy atom. The van der Waals surface area contributed by atoms with Gasteiger partial charge in [0.1, 0.15) is 0 Å². The van der Waals surface area contributed by atoms with Crippen LogP contribution in [0.5, 0.6) is 0 Å². The molecule has 1 N–H and O–H groups in total. The summed E-state index contributed by atoms with van der Waals surface area (Å²) < 4.78 is 5.44. The summed E-state index contributed by atoms with van der Waals surface area (Å²) >= 11 is 1.84. The van der Waals surface area contributed by atoms with Crippen LogP contribution in [0.15, 0.2) is 0 Å². The van der Waals surface area contributed by atoms with Crippen LogP contribution in [0.2, 0.25) is 0 Å². The minimum absolute atomic E-state index is 0.677. The molecule has 2 fully saturated rings. The molecule has 112 valence electrons. The molecule has 1 unspecified atom stereocenters. The molecule has 2 aliphatic rings. The molecule has 1 aromatic rings. The molecule has 1 atom stereocenters. The summed E-state index contributed by atoms with van der Waals surface area (Å²) in [7, 11) is 1.99. The van der Waals surface area contributed by atoms with Crippen LogP contribution >= 0.6 is 11.3 Å². The summed E-state index contributed by atoms with van der Waals surface area (Å²) in [4.78, 5) is 11.1. The van der Waals surface area contributed by atoms with Crippen LogP contribution in [0.1, 0.15) is 17.0 Å². The third-order valence-corrected chi connectivity index (χ3v) is 5.43. The van der Waals surface area contributed by atoms with Gasteiger partial charge in [0.15, 0.2) is 5.13 Å². The highest BCUT2D eigenvalue weighted by Gasteiger charge is 2.30. The van der Waals surface area contributed by atoms with Crippen LogP contribution in [0.25, 0.3) is 0 Å². The molecule has 3 rings (SSSR count). The maximum Gasteiger partial charge on any atom is 0.185 e. The molecule has 0 aromatic carbocycles. The minimum Gasteiger partial charge on any atom is -0.379 e. The Balaban J connectivity index is 1.62. The molecule has 2 saturated heterocycles. The van der Waals surface area contributed by atoms with Gasteiger partial charge in [-0.1, -0.05) is 0 Å². The van der Waals surface area contributed by atoms with Crippen molar-refractivity contribution in [1.29, 1.82) is 0 Å². The number of thiazole rings is 1. The number of nitrogens with one attached hydrogen (secondary N) is 1. The molecule has 3 heterocycles. The molecule has 0 amide bonds. The van der Waals surface area contributed by atoms with Gasteiger partial charge in [-0.05, 0) is 20.4 Å². The number of morpholine rings is 1. The smallest absolute Gasteiger partial charge is 0.185 e. The summed E-state index contributed by atoms with van der Waals surface area (Å²) in [5.41, 5.74) is 1.18. The van der Waals surface area contributed by atoms with Crippen LogP contribution in [-0.2, 0) is 11.3 Å². The first-order valence-electron chi connectivity index (χ1n) is 7.45. The summed E-state index contributed by atoms with van der Waals surface area (Å²) in [5, 5.41) is 4.42. The second-order valence-corrected chi connectivity index (χ2v) is 6.63. The zero-order valence-corrected chi connectivity index (χ0v) is 13.2. The number of aromatic nitrogens is 1. The largest absolute Gasteiger partial charge is 0.379 e. The van der Waals surface area contributed by atoms with E-state index in [4.69, 9.17) is 9.72 Å². The highest BCUT2D eigenvalue weighted by atomic mass is 32.1. The van der Waals surface area contributed by atoms with Crippen LogP contribution < -0.4 is 10.2 Å². The first-order chi connectivity index (χ1) is 9.78. The Morgan fingerprint density at radius 3 is 2.90 bits per heavy atom. The molecule has 6 heteroatoms. The topological polar surface area (TPSA) is 40.6 Å². The van der Waals surface area contributed by atoms with Crippen molar-refractivity contribution in [3.63, 3.8) is 0 Å². The van der Waals surface area contributed by atoms with Crippen LogP contribution in [0.4, 0.5) is 5.13 Å². The van der Waals surface area contributed by atoms with E-state index in [-0.39, 0.29) is 0 Å². The summed E-state index contributed by atoms with van der Waals surface area (Å²) in [6, 6.07) is 0.677. The van der Waals surface area contributed by atoms with Crippen molar-refractivity contribution in [3.05, 3.63) is 10.6 Å². The van der Waals surface area contributed by atoms with Gasteiger partial charge in [0.2, 0.25) is 0 Å². The zero-order valence-electron chi connectivity index (χ0n) is 12.4. The summed E-state index contributed by atoms with van der Waals surface area (Å²) in [5.74, 6) is 0. The number of hydrogen-bond donors (Lipinski definition) is 1. The summed E-state index contributed by atoms with van der Waals surface area (Å²) in [6.07, 6.45) is 1.25. The van der Waals surface area contributed by atoms with E-state index in [2.05, 4.69) is 22.0 Å². The fourth-order valence-electron chi connectivity index (χ4n) is 3.03. The lowest BCUT2D eigenvalue weighted by molar-refractivity contribution is 0.0209. The van der Waals surface area contributed by atoms with Gasteiger partial charge < -0.3 is 15.0 Å². The fraction of sp³-hybridized carbons (Fsp3) is 0.786. The molecule has 0 aliphatic carbocycles. The fourth-order valence-corrected chi connectivity index (χ4v) is 4.14. The SMILES string of the molecule is CNCc1sc(N2CCC(N3CCOCC3)C2)nc1C. The van der Waals surface area contributed by atoms with Crippen LogP contribution in [-0.4, -0.2) is 62.4 Å². The average molecular weight is 296 g/mol. The first kappa shape index (κ1) is 14.3. The van der Waals surface area contributed by atoms with Crippen molar-refractivity contribution in [2.45, 2.75) is 25.9 Å². The predicted octanol–water partition coefficient (Wildman–Crippen LogP) is 1.08. The quantitative estimate of drug-likeness (QED) is 0.900. The van der Waals surface area contributed by atoms with Gasteiger partial charge in [0, 0.05) is 43.6 Å². The van der Waals surface area contributed by atoms with Gasteiger partial charge in [-0.15, -0.1) is 11.3 Å². The monoisotopic (exact) mass is 296 g/mol. The van der Waals surface area contributed by atoms with Gasteiger partial charge in [0.05, 0.1) is 18.9 Å². The van der Waals surface area contributed by atoms with Crippen LogP contribution in [0, 0.1) is 6.92 Å². The van der Waals surface area contributed by atoms with E-state index in [0.717, 1.165) is 45.9 Å². The number of hydrogen-bond acceptors (Lipinski definition) is 6. The third kappa shape index (κ3) is 2.98. The number of ether oxygens (including phenoxy) is 1. The van der Waals surface area contributed by atoms with E-state index >= 15 is 0 Å². The number of anilines is 1. The molecule has 0 saturated carbocycles. The average Bonchev–Trinajstić information content (AvgIpc) is 3.08. The molecule has 0 radical (unpaired) electrons. The molecular weight excluding hydrogens is 272 g/mol. The summed E-state index contributed by atoms with van der Waals surface area (Å²) in [6.45, 7) is 9.23. The Morgan fingerprint density at radius 2 is 2.15 bits per heavy atom. The molecule has 0 spiro atoms. The van der Waals surface area contributed by atoms with Crippen molar-refractivity contribution in [2.75, 3.05) is 51.3 Å². The highest BCUT2D eigenvalue weighted by Crippen LogP contribution is 2.30. The highest BCUT2D eigenvalue weighted by molar-refractivity contribution is 7.15. The van der Waals surface area contributed by atoms with Crippen molar-refractivity contribution in [3.8, 4) is 0 Å². The number of aryl methyl sites for hydroxylation is 1. The van der Waals surface area contributed by atoms with Crippen molar-refractivity contribution < 1.29 is 4.74 Å². The Kier molecular flexibility index (Phi) is 4.55. The van der Waals surface area contributed by atoms with E-state index < -0.39 is 0 Å². The molecule has 0 bridgehead atoms. The maximum atomic E-state index is 5.44. The Labute approximate surface area is 124 Å². The van der Waals surface area contributed by atoms with Crippen molar-refractivity contribution in [2.24, 2.45) is 0 Å². The predicted molar refractivity (Wildman–Crippen MR) is 82.6 cm³/mol. The Bertz CT molecular complexity index is 444. The van der Waals surface area contributed by atoms with Gasteiger partial charge in [0.25, 0.3) is 0 Å². The lowest BCUT2D eigenvalue weighted by Crippen LogP contribution is -2.44. The standard InChI is InChI=1S/C14H24N4OS/c1-11-13(9-15-2)20-14(16-11)18-4-3-12(10-18)17-5-7-19-8-6-17/h12,15H,3-10H2,1-2H3. The lowest BCUT2D eigenvalue weighted by Gasteiger charge is -2.32. The number of rotatable bonds is 4. The molecule has 20 heavy (non-hydrogen) atoms.